The summed E-state index contributed by atoms with van der Waals surface area (Å²) in [5, 5.41) is 5.39. The van der Waals surface area contributed by atoms with Gasteiger partial charge < -0.3 is 44.6 Å². The van der Waals surface area contributed by atoms with Crippen LogP contribution in [-0.2, 0) is 25.7 Å². The number of methoxy groups -OCH3 is 2. The molecule has 3 aliphatic heterocycles. The fourth-order valence-corrected chi connectivity index (χ4v) is 8.02. The molecule has 15 nitrogen and oxygen atoms in total. The highest BCUT2D eigenvalue weighted by molar-refractivity contribution is 5.87. The number of alkyl carbamates (subject to hydrolysis) is 2. The number of H-pyrrole nitrogens is 2. The summed E-state index contributed by atoms with van der Waals surface area (Å²) in [5.41, 5.74) is 6.64. The van der Waals surface area contributed by atoms with Gasteiger partial charge in [-0.1, -0.05) is 45.9 Å². The third-order valence-electron chi connectivity index (χ3n) is 11.1. The summed E-state index contributed by atoms with van der Waals surface area (Å²) >= 11 is 0. The minimum Gasteiger partial charge on any atom is -0.488 e. The molecule has 2 aromatic carbocycles. The molecule has 4 N–H and O–H groups in total. The van der Waals surface area contributed by atoms with Crippen molar-refractivity contribution in [2.75, 3.05) is 27.3 Å². The van der Waals surface area contributed by atoms with E-state index in [-0.39, 0.29) is 35.7 Å². The Bertz CT molecular complexity index is 1960. The Kier molecular flexibility index (Phi) is 11.0. The fourth-order valence-electron chi connectivity index (χ4n) is 8.02. The Hall–Kier alpha value is -5.86. The normalized spacial score (nSPS) is 18.6. The molecular weight excluding hydrogens is 716 g/mol. The molecular formula is C41H50N8O7. The Balaban J connectivity index is 1.05. The number of imidazole rings is 2. The molecule has 5 heterocycles. The van der Waals surface area contributed by atoms with Gasteiger partial charge in [-0.05, 0) is 72.4 Å². The fraction of sp³-hybridized carbons (Fsp3) is 0.463. The number of hydrogen-bond donors (Lipinski definition) is 4. The highest BCUT2D eigenvalue weighted by atomic mass is 16.5. The van der Waals surface area contributed by atoms with Gasteiger partial charge >= 0.3 is 12.2 Å². The van der Waals surface area contributed by atoms with E-state index in [1.54, 1.807) is 22.2 Å². The number of carbonyl (C=O) groups excluding carboxylic acids is 4. The molecule has 2 aromatic heterocycles. The number of rotatable bonds is 10. The number of likely N-dealkylation sites (tertiary alicyclic amines) is 2. The van der Waals surface area contributed by atoms with Gasteiger partial charge in [-0.2, -0.15) is 0 Å². The van der Waals surface area contributed by atoms with Gasteiger partial charge in [0.1, 0.15) is 36.1 Å². The molecule has 0 radical (unpaired) electrons. The van der Waals surface area contributed by atoms with Crippen LogP contribution in [0.4, 0.5) is 9.59 Å². The van der Waals surface area contributed by atoms with E-state index in [1.807, 2.05) is 39.8 Å². The highest BCUT2D eigenvalue weighted by Crippen LogP contribution is 2.42. The van der Waals surface area contributed by atoms with Gasteiger partial charge in [-0.25, -0.2) is 19.6 Å². The maximum Gasteiger partial charge on any atom is 0.407 e. The summed E-state index contributed by atoms with van der Waals surface area (Å²) in [5.74, 6) is 1.65. The van der Waals surface area contributed by atoms with Gasteiger partial charge in [0, 0.05) is 24.2 Å². The Labute approximate surface area is 325 Å². The van der Waals surface area contributed by atoms with Crippen LogP contribution in [0.1, 0.15) is 82.7 Å². The average molecular weight is 767 g/mol. The number of amides is 4. The SMILES string of the molecule is COC(=O)NC(C(=O)N1CCCC1c1ncc(-c2ccc3c(c2)COc2cc(-c4cnc(C5CCCN5C(=O)C(NC(=O)OC)C(C)C)[nH]4)ccc2-3)[nH]1)C(C)C. The molecule has 4 amide bonds. The molecule has 3 aliphatic rings. The van der Waals surface area contributed by atoms with E-state index in [0.717, 1.165) is 70.6 Å². The monoisotopic (exact) mass is 766 g/mol. The van der Waals surface area contributed by atoms with Crippen LogP contribution in [0.2, 0.25) is 0 Å². The predicted octanol–water partition coefficient (Wildman–Crippen LogP) is 6.11. The molecule has 4 unspecified atom stereocenters. The van der Waals surface area contributed by atoms with E-state index in [4.69, 9.17) is 24.2 Å². The Morgan fingerprint density at radius 2 is 1.21 bits per heavy atom. The van der Waals surface area contributed by atoms with Crippen molar-refractivity contribution >= 4 is 24.0 Å². The zero-order valence-electron chi connectivity index (χ0n) is 32.7. The highest BCUT2D eigenvalue weighted by Gasteiger charge is 2.39. The number of hydrogen-bond acceptors (Lipinski definition) is 9. The molecule has 2 saturated heterocycles. The Morgan fingerprint density at radius 1 is 0.732 bits per heavy atom. The molecule has 56 heavy (non-hydrogen) atoms. The molecule has 7 rings (SSSR count). The van der Waals surface area contributed by atoms with E-state index in [0.29, 0.717) is 31.3 Å². The lowest BCUT2D eigenvalue weighted by molar-refractivity contribution is -0.136. The lowest BCUT2D eigenvalue weighted by Gasteiger charge is -2.30. The van der Waals surface area contributed by atoms with Crippen molar-refractivity contribution in [2.24, 2.45) is 11.8 Å². The first kappa shape index (κ1) is 38.4. The van der Waals surface area contributed by atoms with Crippen molar-refractivity contribution in [2.45, 2.75) is 84.2 Å². The van der Waals surface area contributed by atoms with Crippen LogP contribution in [0.25, 0.3) is 33.6 Å². The number of aromatic amines is 2. The second-order valence-electron chi connectivity index (χ2n) is 15.3. The molecule has 15 heteroatoms. The summed E-state index contributed by atoms with van der Waals surface area (Å²) in [6, 6.07) is 10.5. The number of nitrogens with zero attached hydrogens (tertiary/aromatic N) is 4. The molecule has 296 valence electrons. The smallest absolute Gasteiger partial charge is 0.407 e. The van der Waals surface area contributed by atoms with E-state index in [2.05, 4.69) is 44.9 Å². The lowest BCUT2D eigenvalue weighted by atomic mass is 9.93. The van der Waals surface area contributed by atoms with Crippen LogP contribution < -0.4 is 15.4 Å². The summed E-state index contributed by atoms with van der Waals surface area (Å²) < 4.78 is 15.8. The lowest BCUT2D eigenvalue weighted by Crippen LogP contribution is -2.51. The summed E-state index contributed by atoms with van der Waals surface area (Å²) in [7, 11) is 2.57. The van der Waals surface area contributed by atoms with E-state index in [1.165, 1.54) is 14.2 Å². The zero-order chi connectivity index (χ0) is 39.7. The van der Waals surface area contributed by atoms with Crippen molar-refractivity contribution in [1.29, 1.82) is 0 Å². The second kappa shape index (κ2) is 16.1. The van der Waals surface area contributed by atoms with E-state index >= 15 is 0 Å². The largest absolute Gasteiger partial charge is 0.488 e. The number of fused-ring (bicyclic) bond motifs is 3. The van der Waals surface area contributed by atoms with Gasteiger partial charge in [0.2, 0.25) is 11.8 Å². The maximum atomic E-state index is 13.6. The van der Waals surface area contributed by atoms with Gasteiger partial charge in [-0.15, -0.1) is 0 Å². The minimum atomic E-state index is -0.701. The third kappa shape index (κ3) is 7.54. The molecule has 2 fully saturated rings. The standard InChI is InChI=1S/C41H50N8O7/c1-22(2)34(46-40(52)54-5)38(50)48-15-7-9-31(48)36-42-19-29(44-36)24-11-13-27-26(17-24)21-56-33-18-25(12-14-28(27)33)30-20-43-37(45-30)32-10-8-16-49(32)39(51)35(23(3)4)47-41(53)55-6/h11-14,17-20,22-23,31-32,34-35H,7-10,15-16,21H2,1-6H3,(H,42,44)(H,43,45)(H,46,52)(H,47,53). The summed E-state index contributed by atoms with van der Waals surface area (Å²) in [6.07, 6.45) is 5.54. The van der Waals surface area contributed by atoms with Crippen LogP contribution in [0.15, 0.2) is 48.8 Å². The van der Waals surface area contributed by atoms with Gasteiger partial charge in [0.05, 0.1) is 50.1 Å². The van der Waals surface area contributed by atoms with Crippen molar-refractivity contribution in [3.8, 4) is 39.4 Å². The molecule has 0 aliphatic carbocycles. The molecule has 0 spiro atoms. The molecule has 0 saturated carbocycles. The van der Waals surface area contributed by atoms with Crippen LogP contribution in [0.5, 0.6) is 5.75 Å². The number of carbonyl (C=O) groups is 4. The average Bonchev–Trinajstić information content (AvgIpc) is 4.04. The van der Waals surface area contributed by atoms with Gasteiger partial charge in [0.25, 0.3) is 0 Å². The summed E-state index contributed by atoms with van der Waals surface area (Å²) in [4.78, 5) is 71.1. The third-order valence-corrected chi connectivity index (χ3v) is 11.1. The van der Waals surface area contributed by atoms with Gasteiger partial charge in [0.15, 0.2) is 0 Å². The minimum absolute atomic E-state index is 0.114. The van der Waals surface area contributed by atoms with Crippen molar-refractivity contribution in [3.63, 3.8) is 0 Å². The van der Waals surface area contributed by atoms with E-state index in [9.17, 15) is 19.2 Å². The topological polar surface area (TPSA) is 184 Å². The summed E-state index contributed by atoms with van der Waals surface area (Å²) in [6.45, 7) is 9.14. The first-order valence-corrected chi connectivity index (χ1v) is 19.3. The van der Waals surface area contributed by atoms with Crippen LogP contribution >= 0.6 is 0 Å². The van der Waals surface area contributed by atoms with Crippen LogP contribution in [-0.4, -0.2) is 93.1 Å². The molecule has 4 aromatic rings. The zero-order valence-corrected chi connectivity index (χ0v) is 32.7. The first-order valence-electron chi connectivity index (χ1n) is 19.3. The van der Waals surface area contributed by atoms with E-state index < -0.39 is 24.3 Å². The van der Waals surface area contributed by atoms with Crippen molar-refractivity contribution in [1.82, 2.24) is 40.4 Å². The number of aromatic nitrogens is 4. The maximum absolute atomic E-state index is 13.6. The molecule has 0 bridgehead atoms. The number of benzene rings is 2. The van der Waals surface area contributed by atoms with Crippen LogP contribution in [0.3, 0.4) is 0 Å². The number of nitrogens with one attached hydrogen (secondary N) is 4. The quantitative estimate of drug-likeness (QED) is 0.148. The number of ether oxygens (including phenoxy) is 3. The second-order valence-corrected chi connectivity index (χ2v) is 15.3. The van der Waals surface area contributed by atoms with Crippen LogP contribution in [0, 0.1) is 11.8 Å². The Morgan fingerprint density at radius 3 is 1.70 bits per heavy atom. The first-order chi connectivity index (χ1) is 27.0. The van der Waals surface area contributed by atoms with Gasteiger partial charge in [-0.3, -0.25) is 9.59 Å². The van der Waals surface area contributed by atoms with Crippen molar-refractivity contribution in [3.05, 3.63) is 66.0 Å². The predicted molar refractivity (Wildman–Crippen MR) is 207 cm³/mol. The van der Waals surface area contributed by atoms with Crippen molar-refractivity contribution < 1.29 is 33.4 Å². The molecule has 4 atom stereocenters.